The van der Waals surface area contributed by atoms with E-state index in [1.807, 2.05) is 37.8 Å². The van der Waals surface area contributed by atoms with Crippen molar-refractivity contribution >= 4 is 23.3 Å². The second-order valence-corrected chi connectivity index (χ2v) is 10.9. The fourth-order valence-electron chi connectivity index (χ4n) is 5.18. The lowest BCUT2D eigenvalue weighted by Crippen LogP contribution is -2.38. The van der Waals surface area contributed by atoms with Crippen molar-refractivity contribution in [3.63, 3.8) is 0 Å². The van der Waals surface area contributed by atoms with Crippen LogP contribution in [0.5, 0.6) is 0 Å². The van der Waals surface area contributed by atoms with Crippen LogP contribution in [0.1, 0.15) is 64.4 Å². The minimum absolute atomic E-state index is 0.0311. The van der Waals surface area contributed by atoms with E-state index in [0.29, 0.717) is 41.6 Å². The number of hydrogen-bond acceptors (Lipinski definition) is 4. The van der Waals surface area contributed by atoms with Crippen molar-refractivity contribution in [2.45, 2.75) is 45.6 Å². The fraction of sp³-hybridized carbons (Fsp3) is 0.265. The van der Waals surface area contributed by atoms with Crippen LogP contribution in [-0.4, -0.2) is 40.8 Å². The Hall–Kier alpha value is -4.52. The topological polar surface area (TPSA) is 74.3 Å². The van der Waals surface area contributed by atoms with Crippen LogP contribution in [0, 0.1) is 12.7 Å². The van der Waals surface area contributed by atoms with Crippen molar-refractivity contribution in [2.24, 2.45) is 0 Å². The highest BCUT2D eigenvalue weighted by atomic mass is 19.1. The Morgan fingerprint density at radius 3 is 2.12 bits per heavy atom. The summed E-state index contributed by atoms with van der Waals surface area (Å²) < 4.78 is 13.2. The summed E-state index contributed by atoms with van der Waals surface area (Å²) in [4.78, 5) is 32.5. The maximum absolute atomic E-state index is 13.4. The molecule has 41 heavy (non-hydrogen) atoms. The Morgan fingerprint density at radius 2 is 1.51 bits per heavy atom. The number of nitrogens with one attached hydrogen (secondary N) is 2. The largest absolute Gasteiger partial charge is 0.368 e. The predicted molar refractivity (Wildman–Crippen MR) is 162 cm³/mol. The van der Waals surface area contributed by atoms with Crippen LogP contribution in [0.25, 0.3) is 11.1 Å². The van der Waals surface area contributed by atoms with E-state index >= 15 is 0 Å². The molecule has 6 nitrogen and oxygen atoms in total. The van der Waals surface area contributed by atoms with Gasteiger partial charge in [0.25, 0.3) is 11.8 Å². The molecule has 0 aliphatic carbocycles. The average Bonchev–Trinajstić information content (AvgIpc) is 2.98. The molecule has 2 heterocycles. The summed E-state index contributed by atoms with van der Waals surface area (Å²) >= 11 is 0. The van der Waals surface area contributed by atoms with Crippen LogP contribution in [0.4, 0.5) is 15.9 Å². The molecule has 1 aliphatic heterocycles. The average molecular weight is 551 g/mol. The van der Waals surface area contributed by atoms with Crippen molar-refractivity contribution < 1.29 is 14.0 Å². The number of hydrogen-bond donors (Lipinski definition) is 2. The van der Waals surface area contributed by atoms with Crippen LogP contribution < -0.4 is 10.6 Å². The zero-order valence-electron chi connectivity index (χ0n) is 23.7. The molecule has 0 atom stereocenters. The molecule has 0 spiro atoms. The number of amides is 2. The molecule has 1 saturated heterocycles. The van der Waals surface area contributed by atoms with Crippen molar-refractivity contribution in [3.8, 4) is 11.1 Å². The van der Waals surface area contributed by atoms with Gasteiger partial charge in [0.2, 0.25) is 0 Å². The number of aromatic nitrogens is 1. The monoisotopic (exact) mass is 550 g/mol. The lowest BCUT2D eigenvalue weighted by atomic mass is 9.88. The van der Waals surface area contributed by atoms with E-state index in [-0.39, 0.29) is 23.7 Å². The van der Waals surface area contributed by atoms with Crippen LogP contribution in [-0.2, 0) is 0 Å². The highest BCUT2D eigenvalue weighted by Gasteiger charge is 2.25. The summed E-state index contributed by atoms with van der Waals surface area (Å²) in [5, 5.41) is 6.15. The number of pyridine rings is 1. The van der Waals surface area contributed by atoms with Gasteiger partial charge in [0.05, 0.1) is 5.56 Å². The fourth-order valence-corrected chi connectivity index (χ4v) is 5.18. The molecular weight excluding hydrogens is 515 g/mol. The summed E-state index contributed by atoms with van der Waals surface area (Å²) in [6.07, 6.45) is 3.31. The van der Waals surface area contributed by atoms with Gasteiger partial charge >= 0.3 is 0 Å². The van der Waals surface area contributed by atoms with E-state index in [1.165, 1.54) is 17.7 Å². The zero-order valence-corrected chi connectivity index (χ0v) is 23.7. The number of halogens is 1. The van der Waals surface area contributed by atoms with Gasteiger partial charge in [-0.1, -0.05) is 42.5 Å². The SMILES string of the molecule is Cc1ccc(C(=O)N2CCC(c3ccc(-c4ccc(F)cc4)cc3)CC2)cc1NC(=O)c1ccc(NC(C)C)nc1. The molecule has 0 radical (unpaired) electrons. The molecule has 1 aromatic heterocycles. The minimum Gasteiger partial charge on any atom is -0.368 e. The number of carbonyl (C=O) groups excluding carboxylic acids is 2. The molecule has 210 valence electrons. The number of nitrogens with zero attached hydrogens (tertiary/aromatic N) is 2. The second-order valence-electron chi connectivity index (χ2n) is 10.9. The van der Waals surface area contributed by atoms with Crippen LogP contribution in [0.3, 0.4) is 0 Å². The summed E-state index contributed by atoms with van der Waals surface area (Å²) in [7, 11) is 0. The van der Waals surface area contributed by atoms with Crippen molar-refractivity contribution in [2.75, 3.05) is 23.7 Å². The number of anilines is 2. The number of carbonyl (C=O) groups is 2. The standard InChI is InChI=1S/C34H35FN4O2/c1-22(2)37-32-15-12-29(21-36-32)33(40)38-31-20-28(5-4-23(31)3)34(41)39-18-16-27(17-19-39)25-8-6-24(7-9-25)26-10-13-30(35)14-11-26/h4-15,20-22,27H,16-19H2,1-3H3,(H,36,37)(H,38,40). The smallest absolute Gasteiger partial charge is 0.257 e. The first-order valence-corrected chi connectivity index (χ1v) is 14.1. The molecule has 7 heteroatoms. The molecule has 0 saturated carbocycles. The van der Waals surface area contributed by atoms with Crippen molar-refractivity contribution in [1.82, 2.24) is 9.88 Å². The number of piperidine rings is 1. The molecule has 2 N–H and O–H groups in total. The first kappa shape index (κ1) is 28.0. The summed E-state index contributed by atoms with van der Waals surface area (Å²) in [5.74, 6) is 0.552. The van der Waals surface area contributed by atoms with E-state index in [9.17, 15) is 14.0 Å². The van der Waals surface area contributed by atoms with Crippen LogP contribution in [0.15, 0.2) is 85.1 Å². The quantitative estimate of drug-likeness (QED) is 0.253. The van der Waals surface area contributed by atoms with E-state index in [1.54, 1.807) is 36.5 Å². The van der Waals surface area contributed by atoms with Gasteiger partial charge in [-0.15, -0.1) is 0 Å². The highest BCUT2D eigenvalue weighted by molar-refractivity contribution is 6.05. The van der Waals surface area contributed by atoms with Gasteiger partial charge in [0.1, 0.15) is 11.6 Å². The third kappa shape index (κ3) is 6.80. The lowest BCUT2D eigenvalue weighted by Gasteiger charge is -2.32. The molecule has 2 amide bonds. The Morgan fingerprint density at radius 1 is 0.878 bits per heavy atom. The predicted octanol–water partition coefficient (Wildman–Crippen LogP) is 7.29. The zero-order chi connectivity index (χ0) is 28.9. The molecule has 0 unspecified atom stereocenters. The second kappa shape index (κ2) is 12.3. The highest BCUT2D eigenvalue weighted by Crippen LogP contribution is 2.31. The Balaban J connectivity index is 1.19. The maximum atomic E-state index is 13.4. The van der Waals surface area contributed by atoms with E-state index < -0.39 is 0 Å². The summed E-state index contributed by atoms with van der Waals surface area (Å²) in [5.41, 5.74) is 5.79. The summed E-state index contributed by atoms with van der Waals surface area (Å²) in [6.45, 7) is 7.29. The van der Waals surface area contributed by atoms with Crippen LogP contribution in [0.2, 0.25) is 0 Å². The first-order chi connectivity index (χ1) is 19.8. The number of aryl methyl sites for hydroxylation is 1. The lowest BCUT2D eigenvalue weighted by molar-refractivity contribution is 0.0712. The molecule has 5 rings (SSSR count). The molecule has 3 aromatic carbocycles. The molecule has 0 bridgehead atoms. The van der Waals surface area contributed by atoms with E-state index in [0.717, 1.165) is 29.5 Å². The van der Waals surface area contributed by atoms with Gasteiger partial charge in [-0.25, -0.2) is 9.37 Å². The third-order valence-corrected chi connectivity index (χ3v) is 7.54. The van der Waals surface area contributed by atoms with E-state index in [2.05, 4.69) is 39.9 Å². The normalized spacial score (nSPS) is 13.7. The first-order valence-electron chi connectivity index (χ1n) is 14.1. The van der Waals surface area contributed by atoms with Gasteiger partial charge in [0, 0.05) is 36.6 Å². The van der Waals surface area contributed by atoms with Gasteiger partial charge in [-0.05, 0) is 98.2 Å². The number of likely N-dealkylation sites (tertiary alicyclic amines) is 1. The Bertz CT molecular complexity index is 1510. The van der Waals surface area contributed by atoms with Gasteiger partial charge in [0.15, 0.2) is 0 Å². The van der Waals surface area contributed by atoms with Crippen molar-refractivity contribution in [3.05, 3.63) is 113 Å². The third-order valence-electron chi connectivity index (χ3n) is 7.54. The van der Waals surface area contributed by atoms with Gasteiger partial charge in [-0.2, -0.15) is 0 Å². The number of rotatable bonds is 7. The van der Waals surface area contributed by atoms with Gasteiger partial charge in [-0.3, -0.25) is 9.59 Å². The van der Waals surface area contributed by atoms with Gasteiger partial charge < -0.3 is 15.5 Å². The molecule has 1 fully saturated rings. The van der Waals surface area contributed by atoms with Crippen molar-refractivity contribution in [1.29, 1.82) is 0 Å². The van der Waals surface area contributed by atoms with Crippen LogP contribution >= 0.6 is 0 Å². The Labute approximate surface area is 240 Å². The number of benzene rings is 3. The maximum Gasteiger partial charge on any atom is 0.257 e. The molecule has 1 aliphatic rings. The molecule has 4 aromatic rings. The minimum atomic E-state index is -0.271. The molecular formula is C34H35FN4O2. The summed E-state index contributed by atoms with van der Waals surface area (Å²) in [6, 6.07) is 24.2. The van der Waals surface area contributed by atoms with E-state index in [4.69, 9.17) is 0 Å². The Kier molecular flexibility index (Phi) is 8.43.